The number of hydrogen-bond donors (Lipinski definition) is 2. The molecule has 0 aliphatic rings. The molecule has 0 aromatic heterocycles. The van der Waals surface area contributed by atoms with Gasteiger partial charge in [-0.1, -0.05) is 60.1 Å². The molecule has 2 aromatic rings. The van der Waals surface area contributed by atoms with Gasteiger partial charge in [0.05, 0.1) is 0 Å². The molecule has 0 saturated carbocycles. The predicted molar refractivity (Wildman–Crippen MR) is 95.9 cm³/mol. The van der Waals surface area contributed by atoms with Gasteiger partial charge in [0, 0.05) is 24.1 Å². The first kappa shape index (κ1) is 21.7. The van der Waals surface area contributed by atoms with Crippen LogP contribution >= 0.6 is 11.6 Å². The van der Waals surface area contributed by atoms with Crippen molar-refractivity contribution in [3.05, 3.63) is 70.7 Å². The Labute approximate surface area is 164 Å². The SMILES string of the molecule is COC(C(=O)N[C@H](Cc1ccccc1Cl)C(=O)O)(c1ccccc1)C(F)(F)F. The maximum absolute atomic E-state index is 13.9. The van der Waals surface area contributed by atoms with Crippen LogP contribution in [0.1, 0.15) is 11.1 Å². The van der Waals surface area contributed by atoms with E-state index < -0.39 is 35.3 Å². The summed E-state index contributed by atoms with van der Waals surface area (Å²) < 4.78 is 46.3. The minimum atomic E-state index is -5.14. The van der Waals surface area contributed by atoms with E-state index in [0.717, 1.165) is 19.2 Å². The molecule has 1 unspecified atom stereocenters. The maximum Gasteiger partial charge on any atom is 0.430 e. The Bertz CT molecular complexity index is 845. The van der Waals surface area contributed by atoms with Crippen LogP contribution in [0.5, 0.6) is 0 Å². The van der Waals surface area contributed by atoms with E-state index >= 15 is 0 Å². The van der Waals surface area contributed by atoms with E-state index in [1.807, 2.05) is 5.32 Å². The van der Waals surface area contributed by atoms with Crippen molar-refractivity contribution in [2.45, 2.75) is 24.2 Å². The molecule has 2 rings (SSSR count). The number of methoxy groups -OCH3 is 1. The summed E-state index contributed by atoms with van der Waals surface area (Å²) in [6.07, 6.45) is -5.44. The summed E-state index contributed by atoms with van der Waals surface area (Å²) in [7, 11) is 0.740. The molecule has 0 aliphatic heterocycles. The lowest BCUT2D eigenvalue weighted by molar-refractivity contribution is -0.266. The van der Waals surface area contributed by atoms with Gasteiger partial charge in [0.1, 0.15) is 6.04 Å². The largest absolute Gasteiger partial charge is 0.480 e. The zero-order valence-electron chi connectivity index (χ0n) is 14.7. The van der Waals surface area contributed by atoms with Crippen LogP contribution in [0.2, 0.25) is 5.02 Å². The zero-order chi connectivity index (χ0) is 20.9. The van der Waals surface area contributed by atoms with Gasteiger partial charge in [-0.15, -0.1) is 0 Å². The number of amides is 1. The number of nitrogens with one attached hydrogen (secondary N) is 1. The third kappa shape index (κ3) is 4.28. The number of carboxylic acids is 1. The van der Waals surface area contributed by atoms with Crippen molar-refractivity contribution in [2.24, 2.45) is 0 Å². The normalized spacial score (nSPS) is 14.8. The highest BCUT2D eigenvalue weighted by molar-refractivity contribution is 6.31. The Morgan fingerprint density at radius 1 is 1.11 bits per heavy atom. The lowest BCUT2D eigenvalue weighted by atomic mass is 9.91. The highest BCUT2D eigenvalue weighted by Crippen LogP contribution is 2.42. The number of ether oxygens (including phenoxy) is 1. The summed E-state index contributed by atoms with van der Waals surface area (Å²) in [5.74, 6) is -3.14. The molecule has 1 amide bonds. The topological polar surface area (TPSA) is 75.6 Å². The molecule has 2 N–H and O–H groups in total. The number of alkyl halides is 3. The molecule has 9 heteroatoms. The number of carbonyl (C=O) groups excluding carboxylic acids is 1. The Kier molecular flexibility index (Phi) is 6.69. The molecule has 2 atom stereocenters. The molecule has 0 heterocycles. The van der Waals surface area contributed by atoms with E-state index in [4.69, 9.17) is 11.6 Å². The van der Waals surface area contributed by atoms with Crippen molar-refractivity contribution in [1.82, 2.24) is 5.32 Å². The van der Waals surface area contributed by atoms with E-state index in [9.17, 15) is 27.9 Å². The molecule has 5 nitrogen and oxygen atoms in total. The monoisotopic (exact) mass is 415 g/mol. The molecule has 0 aliphatic carbocycles. The second kappa shape index (κ2) is 8.62. The average molecular weight is 416 g/mol. The van der Waals surface area contributed by atoms with Crippen LogP contribution in [-0.2, 0) is 26.3 Å². The molecule has 0 radical (unpaired) electrons. The lowest BCUT2D eigenvalue weighted by Gasteiger charge is -2.34. The molecule has 0 saturated heterocycles. The van der Waals surface area contributed by atoms with Crippen LogP contribution in [0.15, 0.2) is 54.6 Å². The number of hydrogen-bond acceptors (Lipinski definition) is 3. The molecule has 2 aromatic carbocycles. The molecular formula is C19H17ClF3NO4. The van der Waals surface area contributed by atoms with Crippen molar-refractivity contribution in [3.8, 4) is 0 Å². The number of benzene rings is 2. The molecule has 0 bridgehead atoms. The van der Waals surface area contributed by atoms with E-state index in [0.29, 0.717) is 5.56 Å². The first-order valence-corrected chi connectivity index (χ1v) is 8.46. The van der Waals surface area contributed by atoms with Crippen molar-refractivity contribution >= 4 is 23.5 Å². The van der Waals surface area contributed by atoms with E-state index in [-0.39, 0.29) is 11.4 Å². The van der Waals surface area contributed by atoms with Gasteiger partial charge >= 0.3 is 12.1 Å². The van der Waals surface area contributed by atoms with Crippen LogP contribution < -0.4 is 5.32 Å². The fourth-order valence-corrected chi connectivity index (χ4v) is 2.98. The number of carbonyl (C=O) groups is 2. The van der Waals surface area contributed by atoms with Gasteiger partial charge in [0.25, 0.3) is 11.5 Å². The first-order valence-electron chi connectivity index (χ1n) is 8.08. The van der Waals surface area contributed by atoms with Crippen molar-refractivity contribution in [2.75, 3.05) is 7.11 Å². The summed E-state index contributed by atoms with van der Waals surface area (Å²) in [5, 5.41) is 11.6. The second-order valence-corrected chi connectivity index (χ2v) is 6.32. The Balaban J connectivity index is 2.40. The Hall–Kier alpha value is -2.58. The second-order valence-electron chi connectivity index (χ2n) is 5.91. The van der Waals surface area contributed by atoms with E-state index in [1.54, 1.807) is 12.1 Å². The van der Waals surface area contributed by atoms with Crippen molar-refractivity contribution < 1.29 is 32.6 Å². The third-order valence-corrected chi connectivity index (χ3v) is 4.56. The average Bonchev–Trinajstić information content (AvgIpc) is 2.63. The van der Waals surface area contributed by atoms with Crippen LogP contribution in [0, 0.1) is 0 Å². The first-order chi connectivity index (χ1) is 13.1. The van der Waals surface area contributed by atoms with E-state index in [1.165, 1.54) is 30.3 Å². The van der Waals surface area contributed by atoms with Gasteiger partial charge in [-0.2, -0.15) is 13.2 Å². The highest BCUT2D eigenvalue weighted by atomic mass is 35.5. The van der Waals surface area contributed by atoms with Crippen molar-refractivity contribution in [1.29, 1.82) is 0 Å². The zero-order valence-corrected chi connectivity index (χ0v) is 15.4. The number of halogens is 4. The predicted octanol–water partition coefficient (Wildman–Crippen LogP) is 3.56. The minimum absolute atomic E-state index is 0.236. The number of rotatable bonds is 7. The number of aliphatic carboxylic acids is 1. The van der Waals surface area contributed by atoms with Gasteiger partial charge in [0.2, 0.25) is 0 Å². The maximum atomic E-state index is 13.9. The van der Waals surface area contributed by atoms with E-state index in [2.05, 4.69) is 4.74 Å². The van der Waals surface area contributed by atoms with Crippen LogP contribution in [-0.4, -0.2) is 36.3 Å². The molecule has 28 heavy (non-hydrogen) atoms. The summed E-state index contributed by atoms with van der Waals surface area (Å²) in [4.78, 5) is 24.3. The molecule has 150 valence electrons. The summed E-state index contributed by atoms with van der Waals surface area (Å²) >= 11 is 5.98. The smallest absolute Gasteiger partial charge is 0.430 e. The van der Waals surface area contributed by atoms with Crippen LogP contribution in [0.3, 0.4) is 0 Å². The third-order valence-electron chi connectivity index (χ3n) is 4.19. The molecule has 0 spiro atoms. The minimum Gasteiger partial charge on any atom is -0.480 e. The fraction of sp³-hybridized carbons (Fsp3) is 0.263. The van der Waals surface area contributed by atoms with Gasteiger partial charge in [-0.25, -0.2) is 4.79 Å². The van der Waals surface area contributed by atoms with Gasteiger partial charge in [-0.3, -0.25) is 4.79 Å². The van der Waals surface area contributed by atoms with Gasteiger partial charge in [0.15, 0.2) is 0 Å². The quantitative estimate of drug-likeness (QED) is 0.725. The van der Waals surface area contributed by atoms with Crippen molar-refractivity contribution in [3.63, 3.8) is 0 Å². The lowest BCUT2D eigenvalue weighted by Crippen LogP contribution is -2.59. The molecular weight excluding hydrogens is 399 g/mol. The Morgan fingerprint density at radius 2 is 1.68 bits per heavy atom. The Morgan fingerprint density at radius 3 is 2.18 bits per heavy atom. The van der Waals surface area contributed by atoms with Crippen LogP contribution in [0.25, 0.3) is 0 Å². The molecule has 0 fully saturated rings. The summed E-state index contributed by atoms with van der Waals surface area (Å²) in [6.45, 7) is 0. The van der Waals surface area contributed by atoms with Gasteiger partial charge < -0.3 is 15.2 Å². The highest BCUT2D eigenvalue weighted by Gasteiger charge is 2.63. The van der Waals surface area contributed by atoms with Crippen LogP contribution in [0.4, 0.5) is 13.2 Å². The summed E-state index contributed by atoms with van der Waals surface area (Å²) in [5.41, 5.74) is -3.46. The van der Waals surface area contributed by atoms with Gasteiger partial charge in [-0.05, 0) is 11.6 Å². The standard InChI is InChI=1S/C19H17ClF3NO4/c1-28-18(19(21,22)23,13-8-3-2-4-9-13)17(27)24-15(16(25)26)11-12-7-5-6-10-14(12)20/h2-10,15H,11H2,1H3,(H,24,27)(H,25,26)/t15-,18?/m1/s1. The fourth-order valence-electron chi connectivity index (χ4n) is 2.77. The number of carboxylic acid groups (broad SMARTS) is 1. The summed E-state index contributed by atoms with van der Waals surface area (Å²) in [6, 6.07) is 10.9.